The predicted octanol–water partition coefficient (Wildman–Crippen LogP) is 3.18. The van der Waals surface area contributed by atoms with Gasteiger partial charge in [-0.3, -0.25) is 4.79 Å². The number of aromatic nitrogens is 1. The molecule has 104 valence electrons. The Labute approximate surface area is 116 Å². The first kappa shape index (κ1) is 14.0. The number of hydrogen-bond acceptors (Lipinski definition) is 3. The minimum Gasteiger partial charge on any atom is -0.383 e. The zero-order valence-electron chi connectivity index (χ0n) is 11.4. The zero-order valence-corrected chi connectivity index (χ0v) is 11.4. The standard InChI is InChI=1S/C15H16FN3O/c1-9(2)11-5-3-4-6-13(11)19-15(20)12-7-10(16)8-18-14(12)17/h3-9H,1-2H3,(H2,17,18)(H,19,20). The number of anilines is 2. The summed E-state index contributed by atoms with van der Waals surface area (Å²) in [4.78, 5) is 15.8. The molecule has 20 heavy (non-hydrogen) atoms. The minimum absolute atomic E-state index is 0.00549. The lowest BCUT2D eigenvalue weighted by Crippen LogP contribution is -2.16. The van der Waals surface area contributed by atoms with Crippen LogP contribution in [0.2, 0.25) is 0 Å². The number of carbonyl (C=O) groups excluding carboxylic acids is 1. The number of amides is 1. The van der Waals surface area contributed by atoms with Gasteiger partial charge < -0.3 is 11.1 Å². The Bertz CT molecular complexity index is 641. The van der Waals surface area contributed by atoms with Gasteiger partial charge in [0, 0.05) is 5.69 Å². The molecule has 0 bridgehead atoms. The molecule has 0 radical (unpaired) electrons. The molecule has 0 aliphatic heterocycles. The van der Waals surface area contributed by atoms with Crippen LogP contribution in [0, 0.1) is 5.82 Å². The monoisotopic (exact) mass is 273 g/mol. The lowest BCUT2D eigenvalue weighted by atomic mass is 10.0. The molecule has 0 unspecified atom stereocenters. The summed E-state index contributed by atoms with van der Waals surface area (Å²) in [5, 5.41) is 2.75. The van der Waals surface area contributed by atoms with Gasteiger partial charge in [0.25, 0.3) is 5.91 Å². The molecule has 0 atom stereocenters. The second-order valence-corrected chi connectivity index (χ2v) is 4.78. The van der Waals surface area contributed by atoms with Crippen LogP contribution in [0.3, 0.4) is 0 Å². The Morgan fingerprint density at radius 2 is 2.05 bits per heavy atom. The molecule has 5 heteroatoms. The van der Waals surface area contributed by atoms with Gasteiger partial charge in [0.15, 0.2) is 0 Å². The van der Waals surface area contributed by atoms with Crippen molar-refractivity contribution in [3.8, 4) is 0 Å². The number of nitrogens with two attached hydrogens (primary N) is 1. The third-order valence-corrected chi connectivity index (χ3v) is 2.96. The number of nitrogens with zero attached hydrogens (tertiary/aromatic N) is 1. The third kappa shape index (κ3) is 2.93. The Hall–Kier alpha value is -2.43. The van der Waals surface area contributed by atoms with Crippen molar-refractivity contribution in [3.05, 3.63) is 53.5 Å². The van der Waals surface area contributed by atoms with E-state index in [2.05, 4.69) is 10.3 Å². The molecule has 0 saturated carbocycles. The Morgan fingerprint density at radius 1 is 1.35 bits per heavy atom. The first-order valence-electron chi connectivity index (χ1n) is 6.30. The molecule has 2 aromatic rings. The Kier molecular flexibility index (Phi) is 3.98. The quantitative estimate of drug-likeness (QED) is 0.902. The fourth-order valence-electron chi connectivity index (χ4n) is 1.94. The zero-order chi connectivity index (χ0) is 14.7. The van der Waals surface area contributed by atoms with Gasteiger partial charge in [0.1, 0.15) is 11.6 Å². The molecule has 0 aliphatic carbocycles. The topological polar surface area (TPSA) is 68.0 Å². The summed E-state index contributed by atoms with van der Waals surface area (Å²) in [5.41, 5.74) is 7.33. The van der Waals surface area contributed by atoms with Crippen LogP contribution >= 0.6 is 0 Å². The Morgan fingerprint density at radius 3 is 2.75 bits per heavy atom. The summed E-state index contributed by atoms with van der Waals surface area (Å²) in [7, 11) is 0. The average molecular weight is 273 g/mol. The molecule has 1 aromatic heterocycles. The SMILES string of the molecule is CC(C)c1ccccc1NC(=O)c1cc(F)cnc1N. The smallest absolute Gasteiger partial charge is 0.259 e. The molecule has 0 spiro atoms. The summed E-state index contributed by atoms with van der Waals surface area (Å²) >= 11 is 0. The highest BCUT2D eigenvalue weighted by atomic mass is 19.1. The van der Waals surface area contributed by atoms with Crippen LogP contribution in [0.25, 0.3) is 0 Å². The lowest BCUT2D eigenvalue weighted by Gasteiger charge is -2.14. The highest BCUT2D eigenvalue weighted by molar-refractivity contribution is 6.07. The molecule has 0 aliphatic rings. The van der Waals surface area contributed by atoms with Crippen molar-refractivity contribution in [1.82, 2.24) is 4.98 Å². The van der Waals surface area contributed by atoms with Crippen LogP contribution in [0.1, 0.15) is 35.7 Å². The van der Waals surface area contributed by atoms with Gasteiger partial charge in [0.05, 0.1) is 11.8 Å². The van der Waals surface area contributed by atoms with Crippen molar-refractivity contribution in [3.63, 3.8) is 0 Å². The maximum absolute atomic E-state index is 13.2. The van der Waals surface area contributed by atoms with Crippen LogP contribution in [0.5, 0.6) is 0 Å². The first-order valence-corrected chi connectivity index (χ1v) is 6.30. The molecule has 0 fully saturated rings. The fourth-order valence-corrected chi connectivity index (χ4v) is 1.94. The first-order chi connectivity index (χ1) is 9.49. The molecule has 1 aromatic carbocycles. The van der Waals surface area contributed by atoms with Crippen molar-refractivity contribution in [1.29, 1.82) is 0 Å². The van der Waals surface area contributed by atoms with Gasteiger partial charge in [-0.25, -0.2) is 9.37 Å². The van der Waals surface area contributed by atoms with Crippen molar-refractivity contribution in [2.75, 3.05) is 11.1 Å². The Balaban J connectivity index is 2.31. The number of rotatable bonds is 3. The number of halogens is 1. The highest BCUT2D eigenvalue weighted by Gasteiger charge is 2.14. The van der Waals surface area contributed by atoms with Crippen molar-refractivity contribution >= 4 is 17.4 Å². The van der Waals surface area contributed by atoms with Crippen LogP contribution in [-0.4, -0.2) is 10.9 Å². The van der Waals surface area contributed by atoms with Crippen molar-refractivity contribution in [2.45, 2.75) is 19.8 Å². The molecule has 3 N–H and O–H groups in total. The third-order valence-electron chi connectivity index (χ3n) is 2.96. The molecule has 4 nitrogen and oxygen atoms in total. The van der Waals surface area contributed by atoms with Gasteiger partial charge in [-0.05, 0) is 23.6 Å². The molecular formula is C15H16FN3O. The van der Waals surface area contributed by atoms with Gasteiger partial charge in [-0.2, -0.15) is 0 Å². The number of benzene rings is 1. The maximum atomic E-state index is 13.2. The summed E-state index contributed by atoms with van der Waals surface area (Å²) in [5.74, 6) is -0.801. The van der Waals surface area contributed by atoms with Gasteiger partial charge in [0.2, 0.25) is 0 Å². The van der Waals surface area contributed by atoms with E-state index in [0.29, 0.717) is 5.69 Å². The summed E-state index contributed by atoms with van der Waals surface area (Å²) in [6, 6.07) is 8.55. The molecular weight excluding hydrogens is 257 g/mol. The number of pyridine rings is 1. The normalized spacial score (nSPS) is 10.6. The van der Waals surface area contributed by atoms with Gasteiger partial charge >= 0.3 is 0 Å². The van der Waals surface area contributed by atoms with E-state index in [1.165, 1.54) is 0 Å². The second kappa shape index (κ2) is 5.69. The van der Waals surface area contributed by atoms with E-state index in [9.17, 15) is 9.18 Å². The number of hydrogen-bond donors (Lipinski definition) is 2. The average Bonchev–Trinajstić information content (AvgIpc) is 2.41. The van der Waals surface area contributed by atoms with Crippen molar-refractivity contribution < 1.29 is 9.18 Å². The van der Waals surface area contributed by atoms with Gasteiger partial charge in [-0.1, -0.05) is 32.0 Å². The van der Waals surface area contributed by atoms with E-state index in [1.54, 1.807) is 6.07 Å². The predicted molar refractivity (Wildman–Crippen MR) is 77.1 cm³/mol. The van der Waals surface area contributed by atoms with E-state index in [-0.39, 0.29) is 17.3 Å². The van der Waals surface area contributed by atoms with Crippen LogP contribution in [0.4, 0.5) is 15.9 Å². The number of para-hydroxylation sites is 1. The van der Waals surface area contributed by atoms with Crippen LogP contribution < -0.4 is 11.1 Å². The molecule has 0 saturated heterocycles. The number of nitrogen functional groups attached to an aromatic ring is 1. The summed E-state index contributed by atoms with van der Waals surface area (Å²) in [6.07, 6.45) is 0.980. The van der Waals surface area contributed by atoms with Crippen LogP contribution in [-0.2, 0) is 0 Å². The summed E-state index contributed by atoms with van der Waals surface area (Å²) in [6.45, 7) is 4.06. The van der Waals surface area contributed by atoms with E-state index < -0.39 is 11.7 Å². The molecule has 1 amide bonds. The number of carbonyl (C=O) groups is 1. The van der Waals surface area contributed by atoms with Crippen LogP contribution in [0.15, 0.2) is 36.5 Å². The lowest BCUT2D eigenvalue weighted by molar-refractivity contribution is 0.102. The summed E-state index contributed by atoms with van der Waals surface area (Å²) < 4.78 is 13.2. The second-order valence-electron chi connectivity index (χ2n) is 4.78. The van der Waals surface area contributed by atoms with E-state index in [1.807, 2.05) is 32.0 Å². The highest BCUT2D eigenvalue weighted by Crippen LogP contribution is 2.24. The van der Waals surface area contributed by atoms with E-state index in [0.717, 1.165) is 17.8 Å². The molecule has 2 rings (SSSR count). The largest absolute Gasteiger partial charge is 0.383 e. The van der Waals surface area contributed by atoms with E-state index in [4.69, 9.17) is 5.73 Å². The van der Waals surface area contributed by atoms with E-state index >= 15 is 0 Å². The molecule has 1 heterocycles. The fraction of sp³-hybridized carbons (Fsp3) is 0.200. The van der Waals surface area contributed by atoms with Gasteiger partial charge in [-0.15, -0.1) is 0 Å². The maximum Gasteiger partial charge on any atom is 0.259 e. The minimum atomic E-state index is -0.596. The van der Waals surface area contributed by atoms with Crippen molar-refractivity contribution in [2.24, 2.45) is 0 Å². The number of nitrogens with one attached hydrogen (secondary N) is 1.